The molecular formula is C21H23N3O5. The molecule has 2 amide bonds. The van der Waals surface area contributed by atoms with E-state index in [2.05, 4.69) is 4.98 Å². The Morgan fingerprint density at radius 2 is 2.03 bits per heavy atom. The fourth-order valence-electron chi connectivity index (χ4n) is 3.84. The third-order valence-electron chi connectivity index (χ3n) is 5.47. The number of carbonyl (C=O) groups excluding carboxylic acids is 2. The molecule has 2 N–H and O–H groups in total. The molecule has 1 aromatic heterocycles. The lowest BCUT2D eigenvalue weighted by molar-refractivity contribution is -0.142. The molecule has 3 heterocycles. The minimum Gasteiger partial charge on any atom is -0.491 e. The lowest BCUT2D eigenvalue weighted by atomic mass is 9.96. The van der Waals surface area contributed by atoms with Gasteiger partial charge in [0.2, 0.25) is 5.91 Å². The number of amides is 2. The van der Waals surface area contributed by atoms with Crippen LogP contribution in [0, 0.1) is 5.92 Å². The van der Waals surface area contributed by atoms with Crippen LogP contribution < -0.4 is 10.2 Å². The van der Waals surface area contributed by atoms with E-state index in [4.69, 9.17) is 14.7 Å². The normalized spacial score (nSPS) is 19.6. The minimum atomic E-state index is -0.611. The van der Waals surface area contributed by atoms with Crippen LogP contribution in [-0.4, -0.2) is 46.7 Å². The van der Waals surface area contributed by atoms with Gasteiger partial charge in [0.25, 0.3) is 5.91 Å². The van der Waals surface area contributed by atoms with Gasteiger partial charge in [0.05, 0.1) is 12.6 Å². The number of hydroxylamine groups is 1. The third-order valence-corrected chi connectivity index (χ3v) is 5.47. The van der Waals surface area contributed by atoms with E-state index in [0.717, 1.165) is 11.1 Å². The maximum absolute atomic E-state index is 13.4. The fourth-order valence-corrected chi connectivity index (χ4v) is 3.84. The molecule has 1 aromatic carbocycles. The number of pyridine rings is 1. The SMILES string of the molecule is O=C(NO)c1ccc2c(c1)OCC(c1cccnc1)N(C(=O)C1CCOCC1)C2. The van der Waals surface area contributed by atoms with Crippen LogP contribution in [0.25, 0.3) is 0 Å². The maximum Gasteiger partial charge on any atom is 0.274 e. The van der Waals surface area contributed by atoms with E-state index in [-0.39, 0.29) is 30.0 Å². The summed E-state index contributed by atoms with van der Waals surface area (Å²) in [5.41, 5.74) is 3.62. The zero-order chi connectivity index (χ0) is 20.2. The van der Waals surface area contributed by atoms with Gasteiger partial charge in [0.1, 0.15) is 12.4 Å². The van der Waals surface area contributed by atoms with Crippen molar-refractivity contribution in [2.24, 2.45) is 5.92 Å². The summed E-state index contributed by atoms with van der Waals surface area (Å²) in [5, 5.41) is 8.89. The average molecular weight is 397 g/mol. The van der Waals surface area contributed by atoms with Crippen LogP contribution in [0.5, 0.6) is 5.75 Å². The summed E-state index contributed by atoms with van der Waals surface area (Å²) >= 11 is 0. The van der Waals surface area contributed by atoms with Gasteiger partial charge in [-0.1, -0.05) is 12.1 Å². The Balaban J connectivity index is 1.68. The van der Waals surface area contributed by atoms with E-state index in [1.165, 1.54) is 0 Å². The highest BCUT2D eigenvalue weighted by Crippen LogP contribution is 2.34. The molecule has 152 valence electrons. The van der Waals surface area contributed by atoms with Crippen molar-refractivity contribution >= 4 is 11.8 Å². The van der Waals surface area contributed by atoms with Gasteiger partial charge in [-0.25, -0.2) is 5.48 Å². The molecule has 2 aliphatic heterocycles. The Bertz CT molecular complexity index is 883. The summed E-state index contributed by atoms with van der Waals surface area (Å²) in [5.74, 6) is -0.0819. The number of nitrogens with zero attached hydrogens (tertiary/aromatic N) is 2. The number of hydrogen-bond acceptors (Lipinski definition) is 6. The molecule has 8 nitrogen and oxygen atoms in total. The van der Waals surface area contributed by atoms with Crippen molar-refractivity contribution < 1.29 is 24.3 Å². The summed E-state index contributed by atoms with van der Waals surface area (Å²) in [7, 11) is 0. The third kappa shape index (κ3) is 4.08. The second kappa shape index (κ2) is 8.59. The molecule has 1 fully saturated rings. The summed E-state index contributed by atoms with van der Waals surface area (Å²) < 4.78 is 11.4. The van der Waals surface area contributed by atoms with Crippen LogP contribution >= 0.6 is 0 Å². The number of rotatable bonds is 3. The molecule has 8 heteroatoms. The van der Waals surface area contributed by atoms with Gasteiger partial charge in [0.15, 0.2) is 0 Å². The number of nitrogens with one attached hydrogen (secondary N) is 1. The first-order valence-corrected chi connectivity index (χ1v) is 9.65. The molecule has 0 saturated carbocycles. The molecule has 0 aliphatic carbocycles. The van der Waals surface area contributed by atoms with Crippen molar-refractivity contribution in [3.63, 3.8) is 0 Å². The second-order valence-electron chi connectivity index (χ2n) is 7.23. The highest BCUT2D eigenvalue weighted by molar-refractivity contribution is 5.93. The Morgan fingerprint density at radius 3 is 2.76 bits per heavy atom. The highest BCUT2D eigenvalue weighted by atomic mass is 16.5. The molecule has 1 saturated heterocycles. The van der Waals surface area contributed by atoms with Crippen LogP contribution in [0.2, 0.25) is 0 Å². The number of fused-ring (bicyclic) bond motifs is 1. The van der Waals surface area contributed by atoms with Crippen LogP contribution in [0.3, 0.4) is 0 Å². The molecule has 1 unspecified atom stereocenters. The lowest BCUT2D eigenvalue weighted by Crippen LogP contribution is -2.41. The summed E-state index contributed by atoms with van der Waals surface area (Å²) in [4.78, 5) is 31.2. The van der Waals surface area contributed by atoms with E-state index in [9.17, 15) is 9.59 Å². The largest absolute Gasteiger partial charge is 0.491 e. The predicted molar refractivity (Wildman–Crippen MR) is 102 cm³/mol. The summed E-state index contributed by atoms with van der Waals surface area (Å²) in [6, 6.07) is 8.44. The highest BCUT2D eigenvalue weighted by Gasteiger charge is 2.34. The first kappa shape index (κ1) is 19.4. The smallest absolute Gasteiger partial charge is 0.274 e. The van der Waals surface area contributed by atoms with Gasteiger partial charge in [-0.3, -0.25) is 19.8 Å². The molecule has 2 aliphatic rings. The number of hydrogen-bond donors (Lipinski definition) is 2. The molecule has 0 spiro atoms. The van der Waals surface area contributed by atoms with Crippen molar-refractivity contribution in [1.82, 2.24) is 15.4 Å². The predicted octanol–water partition coefficient (Wildman–Crippen LogP) is 2.09. The van der Waals surface area contributed by atoms with E-state index in [1.807, 2.05) is 17.0 Å². The first-order valence-electron chi connectivity index (χ1n) is 9.65. The van der Waals surface area contributed by atoms with Crippen LogP contribution in [-0.2, 0) is 16.1 Å². The van der Waals surface area contributed by atoms with Gasteiger partial charge in [-0.15, -0.1) is 0 Å². The Kier molecular flexibility index (Phi) is 5.73. The zero-order valence-electron chi connectivity index (χ0n) is 15.9. The number of benzene rings is 1. The molecule has 29 heavy (non-hydrogen) atoms. The molecular weight excluding hydrogens is 374 g/mol. The van der Waals surface area contributed by atoms with Crippen molar-refractivity contribution in [3.05, 3.63) is 59.4 Å². The summed E-state index contributed by atoms with van der Waals surface area (Å²) in [6.07, 6.45) is 4.86. The van der Waals surface area contributed by atoms with Gasteiger partial charge in [0, 0.05) is 42.7 Å². The van der Waals surface area contributed by atoms with Gasteiger partial charge < -0.3 is 14.4 Å². The van der Waals surface area contributed by atoms with Gasteiger partial charge >= 0.3 is 0 Å². The van der Waals surface area contributed by atoms with Crippen molar-refractivity contribution in [2.75, 3.05) is 19.8 Å². The minimum absolute atomic E-state index is 0.0794. The zero-order valence-corrected chi connectivity index (χ0v) is 15.9. The first-order chi connectivity index (χ1) is 14.2. The van der Waals surface area contributed by atoms with Crippen LogP contribution in [0.1, 0.15) is 40.4 Å². The molecule has 4 rings (SSSR count). The maximum atomic E-state index is 13.4. The Hall–Kier alpha value is -2.97. The number of carbonyl (C=O) groups is 2. The van der Waals surface area contributed by atoms with E-state index in [1.54, 1.807) is 36.1 Å². The van der Waals surface area contributed by atoms with Crippen LogP contribution in [0.4, 0.5) is 0 Å². The quantitative estimate of drug-likeness (QED) is 0.608. The van der Waals surface area contributed by atoms with Crippen molar-refractivity contribution in [3.8, 4) is 5.75 Å². The van der Waals surface area contributed by atoms with Crippen LogP contribution in [0.15, 0.2) is 42.7 Å². The average Bonchev–Trinajstić information content (AvgIpc) is 2.98. The molecule has 0 radical (unpaired) electrons. The lowest BCUT2D eigenvalue weighted by Gasteiger charge is -2.33. The number of aromatic nitrogens is 1. The van der Waals surface area contributed by atoms with E-state index < -0.39 is 5.91 Å². The van der Waals surface area contributed by atoms with E-state index in [0.29, 0.717) is 38.3 Å². The van der Waals surface area contributed by atoms with Crippen molar-refractivity contribution in [2.45, 2.75) is 25.4 Å². The molecule has 0 bridgehead atoms. The van der Waals surface area contributed by atoms with Gasteiger partial charge in [-0.2, -0.15) is 0 Å². The standard InChI is InChI=1S/C21H23N3O5/c25-20(23-27)15-3-4-17-12-24(21(26)14-5-8-28-9-6-14)18(13-29-19(17)10-15)16-2-1-7-22-11-16/h1-4,7,10-11,14,18,27H,5-6,8-9,12-13H2,(H,23,25). The van der Waals surface area contributed by atoms with E-state index >= 15 is 0 Å². The topological polar surface area (TPSA) is 101 Å². The molecule has 1 atom stereocenters. The second-order valence-corrected chi connectivity index (χ2v) is 7.23. The fraction of sp³-hybridized carbons (Fsp3) is 0.381. The Labute approximate surface area is 168 Å². The molecule has 2 aromatic rings. The van der Waals surface area contributed by atoms with Crippen molar-refractivity contribution in [1.29, 1.82) is 0 Å². The number of ether oxygens (including phenoxy) is 2. The summed E-state index contributed by atoms with van der Waals surface area (Å²) in [6.45, 7) is 1.80. The Morgan fingerprint density at radius 1 is 1.21 bits per heavy atom. The van der Waals surface area contributed by atoms with Gasteiger partial charge in [-0.05, 0) is 36.6 Å². The monoisotopic (exact) mass is 397 g/mol.